The van der Waals surface area contributed by atoms with E-state index in [1.54, 1.807) is 0 Å². The van der Waals surface area contributed by atoms with Gasteiger partial charge < -0.3 is 9.30 Å². The summed E-state index contributed by atoms with van der Waals surface area (Å²) in [4.78, 5) is 9.27. The van der Waals surface area contributed by atoms with E-state index in [0.717, 1.165) is 35.6 Å². The molecule has 0 aromatic carbocycles. The van der Waals surface area contributed by atoms with Crippen molar-refractivity contribution in [1.29, 1.82) is 0 Å². The number of nitrogens with zero attached hydrogens (tertiary/aromatic N) is 3. The summed E-state index contributed by atoms with van der Waals surface area (Å²) in [6, 6.07) is 4.00. The number of halogens is 1. The molecule has 20 heavy (non-hydrogen) atoms. The smallest absolute Gasteiger partial charge is 0.160 e. The first-order valence-corrected chi connectivity index (χ1v) is 7.53. The highest BCUT2D eigenvalue weighted by Crippen LogP contribution is 2.21. The minimum atomic E-state index is -0.255. The first-order chi connectivity index (χ1) is 9.46. The molecule has 0 saturated carbocycles. The van der Waals surface area contributed by atoms with Crippen molar-refractivity contribution in [2.45, 2.75) is 46.3 Å². The lowest BCUT2D eigenvalue weighted by atomic mass is 10.1. The van der Waals surface area contributed by atoms with Gasteiger partial charge in [0.15, 0.2) is 5.65 Å². The molecule has 2 heterocycles. The molecule has 5 heteroatoms. The Hall–Kier alpha value is -1.13. The summed E-state index contributed by atoms with van der Waals surface area (Å²) in [6.45, 7) is 9.59. The second-order valence-corrected chi connectivity index (χ2v) is 5.92. The van der Waals surface area contributed by atoms with Gasteiger partial charge in [-0.25, -0.2) is 9.97 Å². The number of rotatable bonds is 6. The molecule has 4 nitrogen and oxygen atoms in total. The van der Waals surface area contributed by atoms with E-state index >= 15 is 0 Å². The second-order valence-electron chi connectivity index (χ2n) is 5.54. The molecule has 0 aliphatic carbocycles. The molecular formula is C15H22ClN3O. The minimum absolute atomic E-state index is 0.255. The summed E-state index contributed by atoms with van der Waals surface area (Å²) in [5.74, 6) is 1.53. The molecule has 0 unspecified atom stereocenters. The zero-order valence-corrected chi connectivity index (χ0v) is 13.4. The molecule has 0 aliphatic rings. The van der Waals surface area contributed by atoms with Crippen LogP contribution in [0.1, 0.15) is 32.3 Å². The zero-order chi connectivity index (χ0) is 14.8. The maximum absolute atomic E-state index is 5.89. The van der Waals surface area contributed by atoms with Crippen LogP contribution in [0.2, 0.25) is 0 Å². The largest absolute Gasteiger partial charge is 0.374 e. The van der Waals surface area contributed by atoms with Crippen LogP contribution in [0.3, 0.4) is 0 Å². The van der Waals surface area contributed by atoms with Crippen LogP contribution in [0.4, 0.5) is 0 Å². The topological polar surface area (TPSA) is 39.9 Å². The average molecular weight is 296 g/mol. The summed E-state index contributed by atoms with van der Waals surface area (Å²) < 4.78 is 7.94. The van der Waals surface area contributed by atoms with Gasteiger partial charge in [-0.05, 0) is 39.8 Å². The Morgan fingerprint density at radius 2 is 2.05 bits per heavy atom. The molecule has 0 fully saturated rings. The fourth-order valence-corrected chi connectivity index (χ4v) is 2.57. The lowest BCUT2D eigenvalue weighted by Gasteiger charge is -2.26. The Morgan fingerprint density at radius 3 is 2.70 bits per heavy atom. The van der Waals surface area contributed by atoms with Gasteiger partial charge in [0.05, 0.1) is 12.1 Å². The van der Waals surface area contributed by atoms with Crippen LogP contribution in [-0.2, 0) is 17.7 Å². The number of imidazole rings is 1. The summed E-state index contributed by atoms with van der Waals surface area (Å²) in [5, 5.41) is 0. The van der Waals surface area contributed by atoms with Crippen molar-refractivity contribution >= 4 is 22.8 Å². The number of aryl methyl sites for hydroxylation is 2. The van der Waals surface area contributed by atoms with Crippen LogP contribution in [0.15, 0.2) is 12.1 Å². The third-order valence-electron chi connectivity index (χ3n) is 3.20. The number of alkyl halides is 1. The molecule has 0 radical (unpaired) electrons. The molecule has 0 saturated heterocycles. The highest BCUT2D eigenvalue weighted by molar-refractivity contribution is 6.17. The first kappa shape index (κ1) is 15.3. The number of hydrogen-bond donors (Lipinski definition) is 0. The van der Waals surface area contributed by atoms with Crippen molar-refractivity contribution in [2.75, 3.05) is 12.5 Å². The van der Waals surface area contributed by atoms with Gasteiger partial charge in [0, 0.05) is 24.6 Å². The normalized spacial score (nSPS) is 12.2. The third-order valence-corrected chi connectivity index (χ3v) is 3.39. The van der Waals surface area contributed by atoms with E-state index in [4.69, 9.17) is 16.3 Å². The predicted octanol–water partition coefficient (Wildman–Crippen LogP) is 3.34. The van der Waals surface area contributed by atoms with Gasteiger partial charge in [-0.3, -0.25) is 0 Å². The quantitative estimate of drug-likeness (QED) is 0.767. The molecule has 0 N–H and O–H groups in total. The minimum Gasteiger partial charge on any atom is -0.374 e. The maximum Gasteiger partial charge on any atom is 0.160 e. The van der Waals surface area contributed by atoms with Gasteiger partial charge in [0.1, 0.15) is 11.3 Å². The van der Waals surface area contributed by atoms with E-state index < -0.39 is 0 Å². The van der Waals surface area contributed by atoms with E-state index in [1.807, 2.05) is 26.0 Å². The van der Waals surface area contributed by atoms with Crippen molar-refractivity contribution in [2.24, 2.45) is 0 Å². The van der Waals surface area contributed by atoms with Crippen LogP contribution in [-0.4, -0.2) is 32.6 Å². The monoisotopic (exact) mass is 295 g/mol. The molecule has 110 valence electrons. The van der Waals surface area contributed by atoms with Gasteiger partial charge in [-0.15, -0.1) is 11.6 Å². The van der Waals surface area contributed by atoms with Crippen LogP contribution < -0.4 is 0 Å². The lowest BCUT2D eigenvalue weighted by Crippen LogP contribution is -2.31. The Morgan fingerprint density at radius 1 is 1.30 bits per heavy atom. The van der Waals surface area contributed by atoms with Crippen molar-refractivity contribution in [3.63, 3.8) is 0 Å². The van der Waals surface area contributed by atoms with Gasteiger partial charge in [0.25, 0.3) is 0 Å². The Bertz CT molecular complexity index is 592. The molecule has 0 amide bonds. The molecule has 0 spiro atoms. The summed E-state index contributed by atoms with van der Waals surface area (Å²) in [7, 11) is 0. The highest BCUT2D eigenvalue weighted by Gasteiger charge is 2.22. The van der Waals surface area contributed by atoms with Gasteiger partial charge in [0.2, 0.25) is 0 Å². The van der Waals surface area contributed by atoms with Crippen molar-refractivity contribution < 1.29 is 4.74 Å². The molecule has 2 aromatic heterocycles. The van der Waals surface area contributed by atoms with Crippen LogP contribution in [0.25, 0.3) is 11.2 Å². The van der Waals surface area contributed by atoms with Crippen molar-refractivity contribution in [3.8, 4) is 0 Å². The SMILES string of the molecule is CCOC(C)(C)Cn1c(CCCl)nc2ccc(C)nc21. The third kappa shape index (κ3) is 3.30. The average Bonchev–Trinajstić information content (AvgIpc) is 2.67. The number of fused-ring (bicyclic) bond motifs is 1. The fourth-order valence-electron chi connectivity index (χ4n) is 2.40. The molecule has 0 aliphatic heterocycles. The Labute approximate surface area is 125 Å². The van der Waals surface area contributed by atoms with E-state index in [2.05, 4.69) is 28.4 Å². The van der Waals surface area contributed by atoms with E-state index in [9.17, 15) is 0 Å². The van der Waals surface area contributed by atoms with Crippen LogP contribution in [0.5, 0.6) is 0 Å². The summed E-state index contributed by atoms with van der Waals surface area (Å²) >= 11 is 5.89. The standard InChI is InChI=1S/C15H22ClN3O/c1-5-20-15(3,4)10-19-13(8-9-16)18-12-7-6-11(2)17-14(12)19/h6-7H,5,8-10H2,1-4H3. The van der Waals surface area contributed by atoms with E-state index in [0.29, 0.717) is 12.5 Å². The predicted molar refractivity (Wildman–Crippen MR) is 82.4 cm³/mol. The Balaban J connectivity index is 2.47. The first-order valence-electron chi connectivity index (χ1n) is 6.99. The van der Waals surface area contributed by atoms with E-state index in [-0.39, 0.29) is 5.60 Å². The number of aromatic nitrogens is 3. The zero-order valence-electron chi connectivity index (χ0n) is 12.6. The molecule has 0 bridgehead atoms. The summed E-state index contributed by atoms with van der Waals surface area (Å²) in [5.41, 5.74) is 2.57. The fraction of sp³-hybridized carbons (Fsp3) is 0.600. The molecule has 0 atom stereocenters. The van der Waals surface area contributed by atoms with Crippen molar-refractivity contribution in [3.05, 3.63) is 23.7 Å². The van der Waals surface area contributed by atoms with Gasteiger partial charge >= 0.3 is 0 Å². The number of ether oxygens (including phenoxy) is 1. The molecular weight excluding hydrogens is 274 g/mol. The van der Waals surface area contributed by atoms with Crippen LogP contribution in [0, 0.1) is 6.92 Å². The van der Waals surface area contributed by atoms with E-state index in [1.165, 1.54) is 0 Å². The Kier molecular flexibility index (Phi) is 4.66. The highest BCUT2D eigenvalue weighted by atomic mass is 35.5. The summed E-state index contributed by atoms with van der Waals surface area (Å²) in [6.07, 6.45) is 0.735. The molecule has 2 aromatic rings. The molecule has 2 rings (SSSR count). The lowest BCUT2D eigenvalue weighted by molar-refractivity contribution is -0.0222. The van der Waals surface area contributed by atoms with Gasteiger partial charge in [-0.2, -0.15) is 0 Å². The van der Waals surface area contributed by atoms with Crippen LogP contribution >= 0.6 is 11.6 Å². The second kappa shape index (κ2) is 6.10. The number of hydrogen-bond acceptors (Lipinski definition) is 3. The van der Waals surface area contributed by atoms with Crippen molar-refractivity contribution in [1.82, 2.24) is 14.5 Å². The number of pyridine rings is 1. The van der Waals surface area contributed by atoms with Gasteiger partial charge in [-0.1, -0.05) is 0 Å². The maximum atomic E-state index is 5.89.